The zero-order valence-electron chi connectivity index (χ0n) is 15.2. The summed E-state index contributed by atoms with van der Waals surface area (Å²) < 4.78 is 33.2. The number of nitrogens with two attached hydrogens (primary N) is 1. The molecule has 0 aliphatic carbocycles. The monoisotopic (exact) mass is 388 g/mol. The second-order valence-corrected chi connectivity index (χ2v) is 7.57. The number of hydrogen-bond donors (Lipinski definition) is 1. The van der Waals surface area contributed by atoms with Crippen LogP contribution in [0.4, 0.5) is 11.5 Å². The smallest absolute Gasteiger partial charge is 0.213 e. The van der Waals surface area contributed by atoms with Gasteiger partial charge in [-0.25, -0.2) is 23.5 Å². The number of hydrogen-bond acceptors (Lipinski definition) is 7. The molecule has 0 saturated carbocycles. The van der Waals surface area contributed by atoms with Gasteiger partial charge in [-0.15, -0.1) is 0 Å². The highest BCUT2D eigenvalue weighted by molar-refractivity contribution is 7.88. The Morgan fingerprint density at radius 3 is 2.26 bits per heavy atom. The summed E-state index contributed by atoms with van der Waals surface area (Å²) in [5.74, 6) is 1.65. The summed E-state index contributed by atoms with van der Waals surface area (Å²) in [6, 6.07) is 10.7. The lowest BCUT2D eigenvalue weighted by Gasteiger charge is -2.20. The van der Waals surface area contributed by atoms with Gasteiger partial charge < -0.3 is 14.4 Å². The fraction of sp³-hybridized carbons (Fsp3) is 0.222. The Balaban J connectivity index is 2.01. The van der Waals surface area contributed by atoms with Crippen LogP contribution >= 0.6 is 0 Å². The summed E-state index contributed by atoms with van der Waals surface area (Å²) in [6.45, 7) is 0. The van der Waals surface area contributed by atoms with E-state index < -0.39 is 10.0 Å². The van der Waals surface area contributed by atoms with E-state index in [0.29, 0.717) is 22.9 Å². The van der Waals surface area contributed by atoms with Crippen LogP contribution in [0, 0.1) is 0 Å². The molecule has 0 atom stereocenters. The Morgan fingerprint density at radius 1 is 1.04 bits per heavy atom. The van der Waals surface area contributed by atoms with Gasteiger partial charge in [0.2, 0.25) is 10.0 Å². The summed E-state index contributed by atoms with van der Waals surface area (Å²) in [5.41, 5.74) is 2.17. The topological polar surface area (TPSA) is 108 Å². The zero-order chi connectivity index (χ0) is 19.6. The number of rotatable bonds is 6. The van der Waals surface area contributed by atoms with Crippen LogP contribution in [0.2, 0.25) is 0 Å². The van der Waals surface area contributed by atoms with E-state index in [2.05, 4.69) is 9.97 Å². The molecule has 0 bridgehead atoms. The number of primary sulfonamides is 1. The minimum absolute atomic E-state index is 0.204. The van der Waals surface area contributed by atoms with Crippen molar-refractivity contribution in [1.82, 2.24) is 9.97 Å². The normalized spacial score (nSPS) is 11.4. The first-order chi connectivity index (χ1) is 12.8. The molecule has 9 heteroatoms. The molecule has 8 nitrogen and oxygen atoms in total. The van der Waals surface area contributed by atoms with Crippen LogP contribution in [-0.4, -0.2) is 39.7 Å². The Bertz CT molecular complexity index is 1070. The predicted octanol–water partition coefficient (Wildman–Crippen LogP) is 2.20. The molecular weight excluding hydrogens is 368 g/mol. The zero-order valence-corrected chi connectivity index (χ0v) is 16.0. The van der Waals surface area contributed by atoms with E-state index in [1.54, 1.807) is 32.4 Å². The van der Waals surface area contributed by atoms with Crippen LogP contribution in [0.1, 0.15) is 5.56 Å². The quantitative estimate of drug-likeness (QED) is 0.690. The van der Waals surface area contributed by atoms with E-state index in [1.807, 2.05) is 30.1 Å². The van der Waals surface area contributed by atoms with Gasteiger partial charge in [-0.1, -0.05) is 12.1 Å². The molecule has 142 valence electrons. The molecule has 0 spiro atoms. The standard InChI is InChI=1S/C18H20N4O4S/c1-22(13-6-4-12(5-7-13)10-27(19,23)24)18-14-8-16(25-2)17(26-3)9-15(14)20-11-21-18/h4-9,11H,10H2,1-3H3,(H2,19,23,24). The molecule has 0 amide bonds. The van der Waals surface area contributed by atoms with Gasteiger partial charge in [-0.3, -0.25) is 0 Å². The molecule has 3 rings (SSSR count). The number of fused-ring (bicyclic) bond motifs is 1. The summed E-state index contributed by atoms with van der Waals surface area (Å²) in [5, 5.41) is 5.89. The van der Waals surface area contributed by atoms with E-state index in [-0.39, 0.29) is 5.75 Å². The summed E-state index contributed by atoms with van der Waals surface area (Å²) in [6.07, 6.45) is 1.48. The van der Waals surface area contributed by atoms with Crippen LogP contribution in [0.3, 0.4) is 0 Å². The maximum atomic E-state index is 11.2. The van der Waals surface area contributed by atoms with Crippen molar-refractivity contribution in [2.45, 2.75) is 5.75 Å². The van der Waals surface area contributed by atoms with Gasteiger partial charge in [-0.2, -0.15) is 0 Å². The van der Waals surface area contributed by atoms with Crippen molar-refractivity contribution in [2.75, 3.05) is 26.2 Å². The first-order valence-corrected chi connectivity index (χ1v) is 9.74. The van der Waals surface area contributed by atoms with Gasteiger partial charge in [0.15, 0.2) is 11.5 Å². The Labute approximate surface area is 157 Å². The van der Waals surface area contributed by atoms with Crippen LogP contribution in [0.15, 0.2) is 42.7 Å². The fourth-order valence-electron chi connectivity index (χ4n) is 2.81. The van der Waals surface area contributed by atoms with Gasteiger partial charge in [0, 0.05) is 24.2 Å². The van der Waals surface area contributed by atoms with Gasteiger partial charge in [-0.05, 0) is 23.8 Å². The third-order valence-electron chi connectivity index (χ3n) is 4.13. The number of sulfonamides is 1. The average Bonchev–Trinajstić information content (AvgIpc) is 2.65. The van der Waals surface area contributed by atoms with Crippen LogP contribution in [-0.2, 0) is 15.8 Å². The van der Waals surface area contributed by atoms with E-state index >= 15 is 0 Å². The minimum Gasteiger partial charge on any atom is -0.493 e. The predicted molar refractivity (Wildman–Crippen MR) is 104 cm³/mol. The number of anilines is 2. The van der Waals surface area contributed by atoms with E-state index in [1.165, 1.54) is 6.33 Å². The van der Waals surface area contributed by atoms with Gasteiger partial charge in [0.1, 0.15) is 12.1 Å². The molecule has 0 saturated heterocycles. The van der Waals surface area contributed by atoms with Gasteiger partial charge in [0.05, 0.1) is 25.5 Å². The molecule has 0 radical (unpaired) electrons. The van der Waals surface area contributed by atoms with E-state index in [9.17, 15) is 8.42 Å². The second-order valence-electron chi connectivity index (χ2n) is 5.95. The Hall–Kier alpha value is -2.91. The number of ether oxygens (including phenoxy) is 2. The SMILES string of the molecule is COc1cc2ncnc(N(C)c3ccc(CS(N)(=O)=O)cc3)c2cc1OC. The summed E-state index contributed by atoms with van der Waals surface area (Å²) >= 11 is 0. The first-order valence-electron chi connectivity index (χ1n) is 8.02. The lowest BCUT2D eigenvalue weighted by molar-refractivity contribution is 0.356. The van der Waals surface area contributed by atoms with Crippen molar-refractivity contribution in [3.05, 3.63) is 48.3 Å². The molecule has 3 aromatic rings. The van der Waals surface area contributed by atoms with E-state index in [4.69, 9.17) is 14.6 Å². The van der Waals surface area contributed by atoms with Crippen molar-refractivity contribution in [2.24, 2.45) is 5.14 Å². The Morgan fingerprint density at radius 2 is 1.67 bits per heavy atom. The third kappa shape index (κ3) is 4.09. The van der Waals surface area contributed by atoms with Crippen molar-refractivity contribution in [3.8, 4) is 11.5 Å². The number of benzene rings is 2. The van der Waals surface area contributed by atoms with Crippen molar-refractivity contribution in [1.29, 1.82) is 0 Å². The molecule has 0 aliphatic heterocycles. The molecule has 1 aromatic heterocycles. The number of aromatic nitrogens is 2. The van der Waals surface area contributed by atoms with Crippen LogP contribution in [0.5, 0.6) is 11.5 Å². The highest BCUT2D eigenvalue weighted by atomic mass is 32.2. The maximum absolute atomic E-state index is 11.2. The van der Waals surface area contributed by atoms with Crippen molar-refractivity contribution < 1.29 is 17.9 Å². The van der Waals surface area contributed by atoms with Gasteiger partial charge >= 0.3 is 0 Å². The number of methoxy groups -OCH3 is 2. The molecule has 2 N–H and O–H groups in total. The van der Waals surface area contributed by atoms with Crippen LogP contribution in [0.25, 0.3) is 10.9 Å². The highest BCUT2D eigenvalue weighted by Crippen LogP contribution is 2.36. The molecular formula is C18H20N4O4S. The average molecular weight is 388 g/mol. The highest BCUT2D eigenvalue weighted by Gasteiger charge is 2.15. The van der Waals surface area contributed by atoms with E-state index in [0.717, 1.165) is 16.6 Å². The first kappa shape index (κ1) is 18.9. The van der Waals surface area contributed by atoms with Crippen LogP contribution < -0.4 is 19.5 Å². The molecule has 2 aromatic carbocycles. The van der Waals surface area contributed by atoms with Gasteiger partial charge in [0.25, 0.3) is 0 Å². The number of nitrogens with zero attached hydrogens (tertiary/aromatic N) is 3. The van der Waals surface area contributed by atoms with Crippen molar-refractivity contribution >= 4 is 32.4 Å². The Kier molecular flexibility index (Phi) is 5.15. The third-order valence-corrected chi connectivity index (χ3v) is 4.86. The fourth-order valence-corrected chi connectivity index (χ4v) is 3.46. The molecule has 0 aliphatic rings. The molecule has 0 unspecified atom stereocenters. The largest absolute Gasteiger partial charge is 0.493 e. The summed E-state index contributed by atoms with van der Waals surface area (Å²) in [4.78, 5) is 10.6. The molecule has 27 heavy (non-hydrogen) atoms. The minimum atomic E-state index is -3.57. The molecule has 0 fully saturated rings. The van der Waals surface area contributed by atoms with Crippen molar-refractivity contribution in [3.63, 3.8) is 0 Å². The second kappa shape index (κ2) is 7.37. The maximum Gasteiger partial charge on any atom is 0.213 e. The molecule has 1 heterocycles. The lowest BCUT2D eigenvalue weighted by Crippen LogP contribution is -2.15. The lowest BCUT2D eigenvalue weighted by atomic mass is 10.1. The summed E-state index contributed by atoms with van der Waals surface area (Å²) in [7, 11) is 1.44.